The average molecular weight is 467 g/mol. The number of carbonyl (C=O) groups excluding carboxylic acids is 2. The van der Waals surface area contributed by atoms with Gasteiger partial charge in [0.25, 0.3) is 5.91 Å². The second-order valence-corrected chi connectivity index (χ2v) is 10.5. The van der Waals surface area contributed by atoms with E-state index in [1.165, 1.54) is 25.7 Å². The Hall–Kier alpha value is -2.54. The van der Waals surface area contributed by atoms with Crippen LogP contribution in [0.3, 0.4) is 0 Å². The second kappa shape index (κ2) is 9.61. The summed E-state index contributed by atoms with van der Waals surface area (Å²) < 4.78 is 7.47. The zero-order valence-corrected chi connectivity index (χ0v) is 20.6. The van der Waals surface area contributed by atoms with Crippen LogP contribution in [0.2, 0.25) is 0 Å². The second-order valence-electron chi connectivity index (χ2n) is 10.5. The molecule has 7 nitrogen and oxygen atoms in total. The Balaban J connectivity index is 1.48. The lowest BCUT2D eigenvalue weighted by atomic mass is 9.93. The standard InChI is InChI=1S/C27H38N4O3/c1-27(26(33)28-21-9-5-3-4-6-10-21)19-30-23-18-22(34-2)12-11-20(23)17-24(30)25(32)31(27)16-15-29-13-7-8-14-29/h11-12,17-18,21H,3-10,13-16,19H2,1-2H3,(H,28,33)/t27-/m0/s1. The number of nitrogens with one attached hydrogen (secondary N) is 1. The molecular formula is C27H38N4O3. The number of nitrogens with zero attached hydrogens (tertiary/aromatic N) is 3. The van der Waals surface area contributed by atoms with Gasteiger partial charge in [-0.3, -0.25) is 9.59 Å². The van der Waals surface area contributed by atoms with Crippen LogP contribution >= 0.6 is 0 Å². The minimum atomic E-state index is -0.939. The molecule has 0 unspecified atom stereocenters. The lowest BCUT2D eigenvalue weighted by Gasteiger charge is -2.45. The van der Waals surface area contributed by atoms with Crippen LogP contribution in [0.1, 0.15) is 68.8 Å². The highest BCUT2D eigenvalue weighted by Crippen LogP contribution is 2.34. The first-order chi connectivity index (χ1) is 16.5. The molecule has 2 fully saturated rings. The molecule has 3 heterocycles. The third-order valence-corrected chi connectivity index (χ3v) is 8.16. The first kappa shape index (κ1) is 23.2. The summed E-state index contributed by atoms with van der Waals surface area (Å²) in [6.45, 7) is 5.93. The van der Waals surface area contributed by atoms with Crippen LogP contribution in [0, 0.1) is 0 Å². The summed E-state index contributed by atoms with van der Waals surface area (Å²) in [5.74, 6) is 0.672. The molecule has 0 spiro atoms. The number of likely N-dealkylation sites (tertiary alicyclic amines) is 1. The molecule has 3 aliphatic rings. The number of amides is 2. The maximum Gasteiger partial charge on any atom is 0.271 e. The van der Waals surface area contributed by atoms with Gasteiger partial charge in [-0.05, 0) is 63.9 Å². The maximum absolute atomic E-state index is 13.9. The van der Waals surface area contributed by atoms with Crippen molar-refractivity contribution in [2.75, 3.05) is 33.3 Å². The van der Waals surface area contributed by atoms with E-state index >= 15 is 0 Å². The van der Waals surface area contributed by atoms with Crippen molar-refractivity contribution in [3.63, 3.8) is 0 Å². The highest BCUT2D eigenvalue weighted by atomic mass is 16.5. The van der Waals surface area contributed by atoms with Crippen molar-refractivity contribution in [2.45, 2.75) is 76.4 Å². The third kappa shape index (κ3) is 4.30. The number of ether oxygens (including phenoxy) is 1. The van der Waals surface area contributed by atoms with E-state index in [4.69, 9.17) is 4.74 Å². The lowest BCUT2D eigenvalue weighted by molar-refractivity contribution is -0.133. The minimum absolute atomic E-state index is 0.0235. The van der Waals surface area contributed by atoms with Crippen molar-refractivity contribution < 1.29 is 14.3 Å². The largest absolute Gasteiger partial charge is 0.497 e. The number of rotatable bonds is 6. The van der Waals surface area contributed by atoms with Gasteiger partial charge in [0.1, 0.15) is 17.0 Å². The molecule has 1 N–H and O–H groups in total. The molecule has 0 bridgehead atoms. The van der Waals surface area contributed by atoms with Gasteiger partial charge in [0.15, 0.2) is 0 Å². The van der Waals surface area contributed by atoms with Crippen molar-refractivity contribution in [2.24, 2.45) is 0 Å². The monoisotopic (exact) mass is 466 g/mol. The van der Waals surface area contributed by atoms with Crippen LogP contribution < -0.4 is 10.1 Å². The molecule has 5 rings (SSSR count). The first-order valence-electron chi connectivity index (χ1n) is 13.0. The molecule has 2 aliphatic heterocycles. The van der Waals surface area contributed by atoms with Crippen LogP contribution in [0.15, 0.2) is 24.3 Å². The fourth-order valence-corrected chi connectivity index (χ4v) is 6.02. The van der Waals surface area contributed by atoms with E-state index in [0.29, 0.717) is 18.8 Å². The zero-order valence-electron chi connectivity index (χ0n) is 20.6. The summed E-state index contributed by atoms with van der Waals surface area (Å²) in [5, 5.41) is 4.35. The van der Waals surface area contributed by atoms with E-state index in [-0.39, 0.29) is 17.9 Å². The van der Waals surface area contributed by atoms with Gasteiger partial charge in [-0.2, -0.15) is 0 Å². The van der Waals surface area contributed by atoms with E-state index in [9.17, 15) is 9.59 Å². The van der Waals surface area contributed by atoms with E-state index in [2.05, 4.69) is 10.2 Å². The number of hydrogen-bond acceptors (Lipinski definition) is 4. The topological polar surface area (TPSA) is 66.8 Å². The van der Waals surface area contributed by atoms with Gasteiger partial charge in [0, 0.05) is 30.6 Å². The normalized spacial score (nSPS) is 24.3. The lowest BCUT2D eigenvalue weighted by Crippen LogP contribution is -2.65. The van der Waals surface area contributed by atoms with Gasteiger partial charge >= 0.3 is 0 Å². The Morgan fingerprint density at radius 1 is 1.06 bits per heavy atom. The van der Waals surface area contributed by atoms with Crippen molar-refractivity contribution >= 4 is 22.7 Å². The van der Waals surface area contributed by atoms with Crippen molar-refractivity contribution in [1.82, 2.24) is 19.7 Å². The Bertz CT molecular complexity index is 1050. The highest BCUT2D eigenvalue weighted by molar-refractivity contribution is 6.03. The van der Waals surface area contributed by atoms with Crippen molar-refractivity contribution in [1.29, 1.82) is 0 Å². The predicted molar refractivity (Wildman–Crippen MR) is 133 cm³/mol. The smallest absolute Gasteiger partial charge is 0.271 e. The molecule has 7 heteroatoms. The summed E-state index contributed by atoms with van der Waals surface area (Å²) >= 11 is 0. The molecule has 1 atom stereocenters. The zero-order chi connectivity index (χ0) is 23.7. The van der Waals surface area contributed by atoms with E-state index in [0.717, 1.165) is 62.0 Å². The van der Waals surface area contributed by atoms with Crippen molar-refractivity contribution in [3.05, 3.63) is 30.0 Å². The molecule has 2 amide bonds. The Kier molecular flexibility index (Phi) is 6.56. The van der Waals surface area contributed by atoms with Crippen LogP contribution in [0.25, 0.3) is 10.9 Å². The van der Waals surface area contributed by atoms with Gasteiger partial charge in [0.05, 0.1) is 19.2 Å². The van der Waals surface area contributed by atoms with Crippen LogP contribution in [0.4, 0.5) is 0 Å². The SMILES string of the molecule is COc1ccc2cc3n(c2c1)C[C@@](C)(C(=O)NC1CCCCCC1)N(CCN1CCCC1)C3=O. The highest BCUT2D eigenvalue weighted by Gasteiger charge is 2.48. The fraction of sp³-hybridized carbons (Fsp3) is 0.630. The van der Waals surface area contributed by atoms with Crippen molar-refractivity contribution in [3.8, 4) is 5.75 Å². The van der Waals surface area contributed by atoms with E-state index < -0.39 is 5.54 Å². The van der Waals surface area contributed by atoms with Gasteiger partial charge in [-0.15, -0.1) is 0 Å². The summed E-state index contributed by atoms with van der Waals surface area (Å²) in [6, 6.07) is 8.04. The van der Waals surface area contributed by atoms with Crippen LogP contribution in [0.5, 0.6) is 5.75 Å². The molecule has 2 aromatic rings. The van der Waals surface area contributed by atoms with Gasteiger partial charge in [0.2, 0.25) is 5.91 Å². The Labute approximate surface area is 202 Å². The molecule has 34 heavy (non-hydrogen) atoms. The van der Waals surface area contributed by atoms with Crippen LogP contribution in [-0.4, -0.2) is 71.1 Å². The number of fused-ring (bicyclic) bond motifs is 3. The summed E-state index contributed by atoms with van der Waals surface area (Å²) in [6.07, 6.45) is 9.27. The molecule has 1 aromatic carbocycles. The van der Waals surface area contributed by atoms with E-state index in [1.54, 1.807) is 7.11 Å². The summed E-state index contributed by atoms with van der Waals surface area (Å²) in [4.78, 5) is 32.0. The number of hydrogen-bond donors (Lipinski definition) is 1. The molecule has 1 saturated heterocycles. The third-order valence-electron chi connectivity index (χ3n) is 8.16. The summed E-state index contributed by atoms with van der Waals surface area (Å²) in [7, 11) is 1.65. The quantitative estimate of drug-likeness (QED) is 0.658. The fourth-order valence-electron chi connectivity index (χ4n) is 6.02. The predicted octanol–water partition coefficient (Wildman–Crippen LogP) is 3.80. The van der Waals surface area contributed by atoms with Gasteiger partial charge in [-0.25, -0.2) is 0 Å². The average Bonchev–Trinajstić information content (AvgIpc) is 3.40. The first-order valence-corrected chi connectivity index (χ1v) is 13.0. The molecule has 1 aliphatic carbocycles. The van der Waals surface area contributed by atoms with Crippen LogP contribution in [-0.2, 0) is 11.3 Å². The Morgan fingerprint density at radius 3 is 2.50 bits per heavy atom. The number of methoxy groups -OCH3 is 1. The summed E-state index contributed by atoms with van der Waals surface area (Å²) in [5.41, 5.74) is 0.658. The number of benzene rings is 1. The van der Waals surface area contributed by atoms with E-state index in [1.807, 2.05) is 40.7 Å². The molecule has 1 aromatic heterocycles. The van der Waals surface area contributed by atoms with Gasteiger partial charge in [-0.1, -0.05) is 25.7 Å². The molecule has 0 radical (unpaired) electrons. The number of aromatic nitrogens is 1. The molecule has 1 saturated carbocycles. The maximum atomic E-state index is 13.9. The molecule has 184 valence electrons. The molecular weight excluding hydrogens is 428 g/mol. The minimum Gasteiger partial charge on any atom is -0.497 e. The van der Waals surface area contributed by atoms with Gasteiger partial charge < -0.3 is 24.4 Å². The Morgan fingerprint density at radius 2 is 1.79 bits per heavy atom. The number of carbonyl (C=O) groups is 2.